The van der Waals surface area contributed by atoms with Gasteiger partial charge in [-0.1, -0.05) is 27.2 Å². The maximum absolute atomic E-state index is 13.0. The van der Waals surface area contributed by atoms with Gasteiger partial charge in [0.1, 0.15) is 0 Å². The molecule has 4 rings (SSSR count). The minimum absolute atomic E-state index is 0.137. The number of imide groups is 2. The molecule has 0 spiro atoms. The summed E-state index contributed by atoms with van der Waals surface area (Å²) in [6, 6.07) is 6.44. The lowest BCUT2D eigenvalue weighted by Gasteiger charge is -2.32. The minimum atomic E-state index is -0.372. The summed E-state index contributed by atoms with van der Waals surface area (Å²) in [5.41, 5.74) is 1.50. The van der Waals surface area contributed by atoms with Crippen LogP contribution >= 0.6 is 0 Å². The number of carbonyl (C=O) groups excluding carboxylic acids is 4. The smallest absolute Gasteiger partial charge is 0.261 e. The molecule has 6 nitrogen and oxygen atoms in total. The first-order valence-corrected chi connectivity index (χ1v) is 9.68. The lowest BCUT2D eigenvalue weighted by molar-refractivity contribution is 0.0577. The van der Waals surface area contributed by atoms with Crippen molar-refractivity contribution in [1.29, 1.82) is 0 Å². The summed E-state index contributed by atoms with van der Waals surface area (Å²) >= 11 is 0. The average molecular weight is 378 g/mol. The first-order valence-electron chi connectivity index (χ1n) is 9.68. The highest BCUT2D eigenvalue weighted by Crippen LogP contribution is 2.38. The summed E-state index contributed by atoms with van der Waals surface area (Å²) in [7, 11) is 0. The number of hydrogen-bond donors (Lipinski definition) is 0. The molecule has 2 aromatic rings. The highest BCUT2D eigenvalue weighted by molar-refractivity contribution is 6.33. The molecule has 0 unspecified atom stereocenters. The highest BCUT2D eigenvalue weighted by atomic mass is 16.2. The van der Waals surface area contributed by atoms with Gasteiger partial charge in [0.15, 0.2) is 0 Å². The van der Waals surface area contributed by atoms with Crippen LogP contribution in [0.4, 0.5) is 0 Å². The molecular formula is C22H22N2O4. The molecule has 2 aromatic carbocycles. The summed E-state index contributed by atoms with van der Waals surface area (Å²) in [6.07, 6.45) is 1.60. The molecule has 6 heteroatoms. The van der Waals surface area contributed by atoms with Crippen LogP contribution in [0.25, 0.3) is 10.8 Å². The molecule has 0 fully saturated rings. The molecule has 0 atom stereocenters. The minimum Gasteiger partial charge on any atom is -0.274 e. The third-order valence-electron chi connectivity index (χ3n) is 5.35. The second kappa shape index (κ2) is 6.55. The van der Waals surface area contributed by atoms with Crippen LogP contribution in [0.5, 0.6) is 0 Å². The van der Waals surface area contributed by atoms with Crippen LogP contribution < -0.4 is 0 Å². The number of hydrogen-bond acceptors (Lipinski definition) is 4. The Bertz CT molecular complexity index is 983. The number of unbranched alkanes of at least 4 members (excludes halogenated alkanes) is 1. The second-order valence-corrected chi connectivity index (χ2v) is 7.80. The largest absolute Gasteiger partial charge is 0.274 e. The van der Waals surface area contributed by atoms with E-state index < -0.39 is 0 Å². The van der Waals surface area contributed by atoms with E-state index in [-0.39, 0.29) is 29.5 Å². The Balaban J connectivity index is 1.93. The van der Waals surface area contributed by atoms with Crippen molar-refractivity contribution in [1.82, 2.24) is 9.80 Å². The second-order valence-electron chi connectivity index (χ2n) is 7.80. The van der Waals surface area contributed by atoms with E-state index in [9.17, 15) is 19.2 Å². The quantitative estimate of drug-likeness (QED) is 0.747. The van der Waals surface area contributed by atoms with Crippen molar-refractivity contribution in [2.75, 3.05) is 13.1 Å². The van der Waals surface area contributed by atoms with Crippen LogP contribution in [0, 0.1) is 5.92 Å². The van der Waals surface area contributed by atoms with Gasteiger partial charge >= 0.3 is 0 Å². The first kappa shape index (κ1) is 18.3. The third kappa shape index (κ3) is 2.47. The summed E-state index contributed by atoms with van der Waals surface area (Å²) in [5, 5.41) is 0.866. The highest BCUT2D eigenvalue weighted by Gasteiger charge is 2.39. The molecule has 0 bridgehead atoms. The van der Waals surface area contributed by atoms with E-state index in [4.69, 9.17) is 0 Å². The van der Waals surface area contributed by atoms with E-state index in [0.717, 1.165) is 12.8 Å². The van der Waals surface area contributed by atoms with Crippen molar-refractivity contribution in [3.63, 3.8) is 0 Å². The van der Waals surface area contributed by atoms with Crippen LogP contribution in [0.2, 0.25) is 0 Å². The van der Waals surface area contributed by atoms with E-state index in [0.29, 0.717) is 46.1 Å². The van der Waals surface area contributed by atoms with Gasteiger partial charge in [0.05, 0.1) is 0 Å². The Hall–Kier alpha value is -3.02. The summed E-state index contributed by atoms with van der Waals surface area (Å²) in [4.78, 5) is 54.4. The molecular weight excluding hydrogens is 356 g/mol. The fraction of sp³-hybridized carbons (Fsp3) is 0.364. The Morgan fingerprint density at radius 1 is 0.714 bits per heavy atom. The molecule has 0 N–H and O–H groups in total. The number of benzene rings is 2. The Labute approximate surface area is 163 Å². The maximum atomic E-state index is 13.0. The Morgan fingerprint density at radius 3 is 1.46 bits per heavy atom. The van der Waals surface area contributed by atoms with Gasteiger partial charge in [-0.25, -0.2) is 0 Å². The third-order valence-corrected chi connectivity index (χ3v) is 5.35. The van der Waals surface area contributed by atoms with Gasteiger partial charge in [0.25, 0.3) is 23.6 Å². The fourth-order valence-corrected chi connectivity index (χ4v) is 4.02. The van der Waals surface area contributed by atoms with Crippen molar-refractivity contribution in [3.05, 3.63) is 46.5 Å². The molecule has 0 radical (unpaired) electrons. The SMILES string of the molecule is CCCCN1C(=O)c2ccc3c4c(ccc(c24)C1=O)C(=O)N(CC(C)C)C3=O. The molecule has 2 aliphatic rings. The van der Waals surface area contributed by atoms with Crippen molar-refractivity contribution >= 4 is 34.4 Å². The van der Waals surface area contributed by atoms with Crippen LogP contribution in [-0.4, -0.2) is 46.5 Å². The standard InChI is InChI=1S/C22H22N2O4/c1-4-5-10-23-19(25)13-6-8-15-18-16(9-7-14(17(13)18)20(23)26)22(28)24(21(15)27)11-12(2)3/h6-9,12H,4-5,10-11H2,1-3H3. The number of rotatable bonds is 5. The number of amides is 4. The topological polar surface area (TPSA) is 74.8 Å². The molecule has 144 valence electrons. The predicted octanol–water partition coefficient (Wildman–Crippen LogP) is 3.49. The van der Waals surface area contributed by atoms with Crippen LogP contribution in [0.15, 0.2) is 24.3 Å². The van der Waals surface area contributed by atoms with Gasteiger partial charge in [-0.15, -0.1) is 0 Å². The summed E-state index contributed by atoms with van der Waals surface area (Å²) in [5.74, 6) is -1.33. The van der Waals surface area contributed by atoms with Crippen LogP contribution in [0.1, 0.15) is 75.0 Å². The molecule has 2 heterocycles. The van der Waals surface area contributed by atoms with E-state index >= 15 is 0 Å². The average Bonchev–Trinajstić information content (AvgIpc) is 2.67. The van der Waals surface area contributed by atoms with Crippen LogP contribution in [-0.2, 0) is 0 Å². The van der Waals surface area contributed by atoms with E-state index in [1.807, 2.05) is 20.8 Å². The van der Waals surface area contributed by atoms with Gasteiger partial charge in [-0.05, 0) is 36.6 Å². The molecule has 2 aliphatic heterocycles. The monoisotopic (exact) mass is 378 g/mol. The van der Waals surface area contributed by atoms with Crippen molar-refractivity contribution in [2.24, 2.45) is 5.92 Å². The zero-order valence-electron chi connectivity index (χ0n) is 16.2. The molecule has 0 saturated heterocycles. The molecule has 28 heavy (non-hydrogen) atoms. The number of carbonyl (C=O) groups is 4. The van der Waals surface area contributed by atoms with Crippen molar-refractivity contribution < 1.29 is 19.2 Å². The predicted molar refractivity (Wildman–Crippen MR) is 104 cm³/mol. The summed E-state index contributed by atoms with van der Waals surface area (Å²) < 4.78 is 0. The zero-order chi connectivity index (χ0) is 20.2. The van der Waals surface area contributed by atoms with Gasteiger partial charge in [0.2, 0.25) is 0 Å². The molecule has 4 amide bonds. The zero-order valence-corrected chi connectivity index (χ0v) is 16.2. The fourth-order valence-electron chi connectivity index (χ4n) is 4.02. The van der Waals surface area contributed by atoms with E-state index in [1.54, 1.807) is 24.3 Å². The van der Waals surface area contributed by atoms with Crippen molar-refractivity contribution in [2.45, 2.75) is 33.6 Å². The normalized spacial score (nSPS) is 16.0. The molecule has 0 aromatic heterocycles. The van der Waals surface area contributed by atoms with Gasteiger partial charge < -0.3 is 0 Å². The van der Waals surface area contributed by atoms with E-state index in [2.05, 4.69) is 0 Å². The molecule has 0 aliphatic carbocycles. The Kier molecular flexibility index (Phi) is 4.29. The van der Waals surface area contributed by atoms with Crippen molar-refractivity contribution in [3.8, 4) is 0 Å². The van der Waals surface area contributed by atoms with E-state index in [1.165, 1.54) is 9.80 Å². The lowest BCUT2D eigenvalue weighted by atomic mass is 9.85. The van der Waals surface area contributed by atoms with Crippen LogP contribution in [0.3, 0.4) is 0 Å². The number of nitrogens with zero attached hydrogens (tertiary/aromatic N) is 2. The Morgan fingerprint density at radius 2 is 1.11 bits per heavy atom. The first-order chi connectivity index (χ1) is 13.4. The van der Waals surface area contributed by atoms with Gasteiger partial charge in [0, 0.05) is 46.1 Å². The van der Waals surface area contributed by atoms with Gasteiger partial charge in [-0.2, -0.15) is 0 Å². The lowest BCUT2D eigenvalue weighted by Crippen LogP contribution is -2.44. The molecule has 0 saturated carbocycles. The van der Waals surface area contributed by atoms with Gasteiger partial charge in [-0.3, -0.25) is 29.0 Å². The maximum Gasteiger partial charge on any atom is 0.261 e. The summed E-state index contributed by atoms with van der Waals surface area (Å²) in [6.45, 7) is 6.57.